The summed E-state index contributed by atoms with van der Waals surface area (Å²) in [4.78, 5) is 8.51. The van der Waals surface area contributed by atoms with Crippen LogP contribution in [0.15, 0.2) is 60.1 Å². The minimum Gasteiger partial charge on any atom is -0.272 e. The average molecular weight is 269 g/mol. The maximum absolute atomic E-state index is 5.52. The fraction of sp³-hybridized carbons (Fsp3) is 0. The Hall–Kier alpha value is -2.18. The minimum atomic E-state index is 0.784. The third kappa shape index (κ3) is 2.49. The molecular weight excluding hydrogens is 258 g/mol. The van der Waals surface area contributed by atoms with Crippen molar-refractivity contribution in [2.24, 2.45) is 5.14 Å². The Labute approximate surface area is 114 Å². The number of nitrogens with zero attached hydrogens (tertiary/aromatic N) is 4. The van der Waals surface area contributed by atoms with Crippen LogP contribution in [0.4, 0.5) is 0 Å². The second-order valence-electron chi connectivity index (χ2n) is 3.86. The van der Waals surface area contributed by atoms with Crippen LogP contribution < -0.4 is 5.14 Å². The Bertz CT molecular complexity index is 680. The summed E-state index contributed by atoms with van der Waals surface area (Å²) in [5, 5.41) is 10.6. The van der Waals surface area contributed by atoms with Crippen molar-refractivity contribution in [1.82, 2.24) is 19.7 Å². The maximum Gasteiger partial charge on any atom is 0.111 e. The molecule has 19 heavy (non-hydrogen) atoms. The summed E-state index contributed by atoms with van der Waals surface area (Å²) < 4.78 is 1.77. The van der Waals surface area contributed by atoms with E-state index >= 15 is 0 Å². The average Bonchev–Trinajstić information content (AvgIpc) is 2.98. The van der Waals surface area contributed by atoms with Crippen molar-refractivity contribution in [2.45, 2.75) is 5.03 Å². The van der Waals surface area contributed by atoms with E-state index < -0.39 is 0 Å². The molecule has 0 saturated carbocycles. The Morgan fingerprint density at radius 2 is 2.05 bits per heavy atom. The fourth-order valence-corrected chi connectivity index (χ4v) is 2.03. The number of hydrogen-bond donors (Lipinski definition) is 1. The van der Waals surface area contributed by atoms with Gasteiger partial charge in [0.05, 0.1) is 23.8 Å². The molecule has 0 aliphatic heterocycles. The summed E-state index contributed by atoms with van der Waals surface area (Å²) in [7, 11) is 0. The molecule has 0 aromatic carbocycles. The van der Waals surface area contributed by atoms with Crippen LogP contribution in [-0.2, 0) is 0 Å². The summed E-state index contributed by atoms with van der Waals surface area (Å²) in [6.07, 6.45) is 7.19. The summed E-state index contributed by atoms with van der Waals surface area (Å²) in [6, 6.07) is 9.56. The largest absolute Gasteiger partial charge is 0.272 e. The molecule has 0 saturated heterocycles. The molecule has 0 aliphatic rings. The highest BCUT2D eigenvalue weighted by molar-refractivity contribution is 7.97. The summed E-state index contributed by atoms with van der Waals surface area (Å²) >= 11 is 1.13. The van der Waals surface area contributed by atoms with E-state index in [0.29, 0.717) is 0 Å². The zero-order chi connectivity index (χ0) is 13.1. The third-order valence-electron chi connectivity index (χ3n) is 2.63. The normalized spacial score (nSPS) is 10.6. The molecule has 0 atom stereocenters. The molecule has 94 valence electrons. The standard InChI is InChI=1S/C13H11N5S/c14-19-13-5-1-4-12(17-13)10-7-16-18(9-10)11-3-2-6-15-8-11/h1-9H,14H2. The Kier molecular flexibility index (Phi) is 3.26. The van der Waals surface area contributed by atoms with Crippen molar-refractivity contribution in [1.29, 1.82) is 0 Å². The van der Waals surface area contributed by atoms with Gasteiger partial charge in [-0.15, -0.1) is 0 Å². The number of nitrogens with two attached hydrogens (primary N) is 1. The first-order valence-corrected chi connectivity index (χ1v) is 6.54. The van der Waals surface area contributed by atoms with E-state index in [9.17, 15) is 0 Å². The van der Waals surface area contributed by atoms with E-state index in [1.807, 2.05) is 36.5 Å². The van der Waals surface area contributed by atoms with Gasteiger partial charge in [-0.3, -0.25) is 10.1 Å². The molecule has 0 bridgehead atoms. The first kappa shape index (κ1) is 11.9. The molecule has 3 heterocycles. The van der Waals surface area contributed by atoms with Crippen LogP contribution in [0.5, 0.6) is 0 Å². The van der Waals surface area contributed by atoms with E-state index in [2.05, 4.69) is 15.1 Å². The molecule has 3 aromatic heterocycles. The van der Waals surface area contributed by atoms with Gasteiger partial charge < -0.3 is 0 Å². The van der Waals surface area contributed by atoms with Crippen molar-refractivity contribution >= 4 is 11.9 Å². The van der Waals surface area contributed by atoms with Crippen LogP contribution in [0.2, 0.25) is 0 Å². The van der Waals surface area contributed by atoms with Gasteiger partial charge >= 0.3 is 0 Å². The molecule has 0 unspecified atom stereocenters. The fourth-order valence-electron chi connectivity index (χ4n) is 1.73. The van der Waals surface area contributed by atoms with Gasteiger partial charge in [-0.05, 0) is 36.2 Å². The lowest BCUT2D eigenvalue weighted by Crippen LogP contribution is -1.93. The lowest BCUT2D eigenvalue weighted by Gasteiger charge is -2.00. The highest BCUT2D eigenvalue weighted by Crippen LogP contribution is 2.20. The molecule has 0 aliphatic carbocycles. The molecule has 6 heteroatoms. The van der Waals surface area contributed by atoms with Gasteiger partial charge in [0.2, 0.25) is 0 Å². The highest BCUT2D eigenvalue weighted by atomic mass is 32.2. The van der Waals surface area contributed by atoms with Crippen LogP contribution in [0.25, 0.3) is 16.9 Å². The first-order valence-electron chi connectivity index (χ1n) is 5.66. The van der Waals surface area contributed by atoms with Crippen LogP contribution in [0, 0.1) is 0 Å². The van der Waals surface area contributed by atoms with E-state index in [0.717, 1.165) is 33.9 Å². The number of hydrogen-bond acceptors (Lipinski definition) is 5. The molecule has 0 radical (unpaired) electrons. The van der Waals surface area contributed by atoms with E-state index in [-0.39, 0.29) is 0 Å². The Morgan fingerprint density at radius 3 is 2.84 bits per heavy atom. The summed E-state index contributed by atoms with van der Waals surface area (Å²) in [5.74, 6) is 0. The summed E-state index contributed by atoms with van der Waals surface area (Å²) in [5.41, 5.74) is 2.71. The second-order valence-corrected chi connectivity index (χ2v) is 4.52. The number of pyridine rings is 2. The van der Waals surface area contributed by atoms with Gasteiger partial charge in [-0.1, -0.05) is 6.07 Å². The molecule has 0 spiro atoms. The molecule has 5 nitrogen and oxygen atoms in total. The van der Waals surface area contributed by atoms with E-state index in [1.54, 1.807) is 23.3 Å². The van der Waals surface area contributed by atoms with Gasteiger partial charge in [0.15, 0.2) is 0 Å². The van der Waals surface area contributed by atoms with Gasteiger partial charge in [0.25, 0.3) is 0 Å². The zero-order valence-corrected chi connectivity index (χ0v) is 10.8. The number of rotatable bonds is 3. The minimum absolute atomic E-state index is 0.784. The van der Waals surface area contributed by atoms with Crippen molar-refractivity contribution in [2.75, 3.05) is 0 Å². The predicted molar refractivity (Wildman–Crippen MR) is 74.6 cm³/mol. The van der Waals surface area contributed by atoms with Crippen LogP contribution in [0.3, 0.4) is 0 Å². The van der Waals surface area contributed by atoms with Gasteiger partial charge in [0, 0.05) is 18.0 Å². The molecule has 2 N–H and O–H groups in total. The van der Waals surface area contributed by atoms with E-state index in [1.165, 1.54) is 0 Å². The molecule has 0 fully saturated rings. The Morgan fingerprint density at radius 1 is 1.11 bits per heavy atom. The van der Waals surface area contributed by atoms with Crippen LogP contribution in [0.1, 0.15) is 0 Å². The monoisotopic (exact) mass is 269 g/mol. The maximum atomic E-state index is 5.52. The Balaban J connectivity index is 1.97. The topological polar surface area (TPSA) is 69.6 Å². The van der Waals surface area contributed by atoms with Crippen molar-refractivity contribution < 1.29 is 0 Å². The molecule has 3 aromatic rings. The van der Waals surface area contributed by atoms with Crippen LogP contribution >= 0.6 is 11.9 Å². The highest BCUT2D eigenvalue weighted by Gasteiger charge is 2.05. The predicted octanol–water partition coefficient (Wildman–Crippen LogP) is 2.30. The molecule has 0 amide bonds. The lowest BCUT2D eigenvalue weighted by atomic mass is 10.2. The van der Waals surface area contributed by atoms with Crippen LogP contribution in [-0.4, -0.2) is 19.7 Å². The van der Waals surface area contributed by atoms with Gasteiger partial charge in [-0.25, -0.2) is 9.67 Å². The van der Waals surface area contributed by atoms with Crippen molar-refractivity contribution in [3.63, 3.8) is 0 Å². The lowest BCUT2D eigenvalue weighted by molar-refractivity contribution is 0.874. The molecular formula is C13H11N5S. The quantitative estimate of drug-likeness (QED) is 0.739. The number of aromatic nitrogens is 4. The first-order chi connectivity index (χ1) is 9.36. The smallest absolute Gasteiger partial charge is 0.111 e. The van der Waals surface area contributed by atoms with E-state index in [4.69, 9.17) is 5.14 Å². The van der Waals surface area contributed by atoms with Crippen molar-refractivity contribution in [3.05, 3.63) is 55.1 Å². The molecule has 3 rings (SSSR count). The zero-order valence-electron chi connectivity index (χ0n) is 9.97. The van der Waals surface area contributed by atoms with Gasteiger partial charge in [-0.2, -0.15) is 5.10 Å². The second kappa shape index (κ2) is 5.21. The van der Waals surface area contributed by atoms with Crippen molar-refractivity contribution in [3.8, 4) is 16.9 Å². The van der Waals surface area contributed by atoms with Gasteiger partial charge in [0.1, 0.15) is 5.03 Å². The SMILES string of the molecule is NSc1cccc(-c2cnn(-c3cccnc3)c2)n1. The summed E-state index contributed by atoms with van der Waals surface area (Å²) in [6.45, 7) is 0. The third-order valence-corrected chi connectivity index (χ3v) is 3.10.